The van der Waals surface area contributed by atoms with E-state index in [0.29, 0.717) is 15.7 Å². The summed E-state index contributed by atoms with van der Waals surface area (Å²) in [4.78, 5) is 11.7. The monoisotopic (exact) mass is 287 g/mol. The molecule has 2 N–H and O–H groups in total. The molecule has 0 heterocycles. The Morgan fingerprint density at radius 3 is 2.88 bits per heavy atom. The van der Waals surface area contributed by atoms with Crippen LogP contribution >= 0.6 is 15.9 Å². The van der Waals surface area contributed by atoms with Crippen LogP contribution in [0.4, 0.5) is 5.69 Å². The van der Waals surface area contributed by atoms with Crippen LogP contribution in [0.1, 0.15) is 17.3 Å². The zero-order chi connectivity index (χ0) is 12.1. The van der Waals surface area contributed by atoms with Crippen molar-refractivity contribution in [3.8, 4) is 0 Å². The molecule has 0 spiro atoms. The largest absolute Gasteiger partial charge is 0.459 e. The third-order valence-electron chi connectivity index (χ3n) is 2.10. The number of nitrogen functional groups attached to an aromatic ring is 1. The Labute approximate surface area is 103 Å². The number of ether oxygens (including phenoxy) is 2. The molecule has 0 radical (unpaired) electrons. The molecule has 16 heavy (non-hydrogen) atoms. The van der Waals surface area contributed by atoms with E-state index in [2.05, 4.69) is 15.9 Å². The van der Waals surface area contributed by atoms with Crippen molar-refractivity contribution in [1.29, 1.82) is 0 Å². The van der Waals surface area contributed by atoms with Gasteiger partial charge in [0, 0.05) is 12.8 Å². The number of nitrogens with two attached hydrogens (primary N) is 1. The lowest BCUT2D eigenvalue weighted by Gasteiger charge is -2.11. The number of hydrogen-bond donors (Lipinski definition) is 1. The topological polar surface area (TPSA) is 61.5 Å². The van der Waals surface area contributed by atoms with Crippen molar-refractivity contribution in [3.63, 3.8) is 0 Å². The van der Waals surface area contributed by atoms with Gasteiger partial charge in [0.15, 0.2) is 0 Å². The van der Waals surface area contributed by atoms with Crippen molar-refractivity contribution >= 4 is 27.6 Å². The van der Waals surface area contributed by atoms with E-state index in [4.69, 9.17) is 15.2 Å². The van der Waals surface area contributed by atoms with Crippen LogP contribution in [0.3, 0.4) is 0 Å². The van der Waals surface area contributed by atoms with Gasteiger partial charge in [0.25, 0.3) is 0 Å². The normalized spacial score (nSPS) is 12.2. The first kappa shape index (κ1) is 13.0. The van der Waals surface area contributed by atoms with E-state index < -0.39 is 5.97 Å². The zero-order valence-corrected chi connectivity index (χ0v) is 10.8. The summed E-state index contributed by atoms with van der Waals surface area (Å²) in [5.74, 6) is -0.414. The van der Waals surface area contributed by atoms with E-state index in [9.17, 15) is 4.79 Å². The van der Waals surface area contributed by atoms with Crippen LogP contribution in [0, 0.1) is 0 Å². The molecule has 0 aliphatic heterocycles. The SMILES string of the molecule is COC(C)COC(=O)c1cccc(N)c1Br. The van der Waals surface area contributed by atoms with Gasteiger partial charge in [0.2, 0.25) is 0 Å². The molecular weight excluding hydrogens is 274 g/mol. The van der Waals surface area contributed by atoms with Gasteiger partial charge in [0.1, 0.15) is 6.61 Å². The summed E-state index contributed by atoms with van der Waals surface area (Å²) >= 11 is 3.25. The molecule has 1 aromatic rings. The first-order valence-electron chi connectivity index (χ1n) is 4.80. The molecular formula is C11H14BrNO3. The summed E-state index contributed by atoms with van der Waals surface area (Å²) in [6.45, 7) is 2.04. The van der Waals surface area contributed by atoms with Gasteiger partial charge in [-0.1, -0.05) is 6.07 Å². The quantitative estimate of drug-likeness (QED) is 0.681. The number of benzene rings is 1. The van der Waals surface area contributed by atoms with Crippen molar-refractivity contribution < 1.29 is 14.3 Å². The fraction of sp³-hybridized carbons (Fsp3) is 0.364. The second kappa shape index (κ2) is 5.86. The molecule has 0 amide bonds. The maximum absolute atomic E-state index is 11.7. The minimum Gasteiger partial charge on any atom is -0.459 e. The highest BCUT2D eigenvalue weighted by Crippen LogP contribution is 2.24. The van der Waals surface area contributed by atoms with Crippen molar-refractivity contribution in [3.05, 3.63) is 28.2 Å². The third-order valence-corrected chi connectivity index (χ3v) is 2.99. The Morgan fingerprint density at radius 1 is 1.56 bits per heavy atom. The number of hydrogen-bond acceptors (Lipinski definition) is 4. The fourth-order valence-electron chi connectivity index (χ4n) is 1.05. The number of methoxy groups -OCH3 is 1. The molecule has 1 aromatic carbocycles. The van der Waals surface area contributed by atoms with Crippen LogP contribution in [0.15, 0.2) is 22.7 Å². The predicted octanol–water partition coefficient (Wildman–Crippen LogP) is 2.22. The lowest BCUT2D eigenvalue weighted by atomic mass is 10.2. The number of halogens is 1. The number of rotatable bonds is 4. The van der Waals surface area contributed by atoms with Crippen LogP contribution < -0.4 is 5.73 Å². The Kier molecular flexibility index (Phi) is 4.76. The molecule has 0 saturated carbocycles. The van der Waals surface area contributed by atoms with Crippen molar-refractivity contribution in [2.24, 2.45) is 0 Å². The molecule has 1 unspecified atom stereocenters. The average molecular weight is 288 g/mol. The molecule has 1 rings (SSSR count). The fourth-order valence-corrected chi connectivity index (χ4v) is 1.47. The highest BCUT2D eigenvalue weighted by Gasteiger charge is 2.14. The predicted molar refractivity (Wildman–Crippen MR) is 65.3 cm³/mol. The van der Waals surface area contributed by atoms with Gasteiger partial charge in [-0.05, 0) is 35.0 Å². The first-order chi connectivity index (χ1) is 7.56. The summed E-state index contributed by atoms with van der Waals surface area (Å²) in [5, 5.41) is 0. The molecule has 0 aliphatic carbocycles. The van der Waals surface area contributed by atoms with Crippen LogP contribution in [0.2, 0.25) is 0 Å². The van der Waals surface area contributed by atoms with E-state index in [1.165, 1.54) is 0 Å². The molecule has 0 aromatic heterocycles. The van der Waals surface area contributed by atoms with Crippen LogP contribution in [0.5, 0.6) is 0 Å². The van der Waals surface area contributed by atoms with Gasteiger partial charge >= 0.3 is 5.97 Å². The van der Waals surface area contributed by atoms with E-state index in [-0.39, 0.29) is 12.7 Å². The van der Waals surface area contributed by atoms with Crippen LogP contribution in [-0.2, 0) is 9.47 Å². The minimum absolute atomic E-state index is 0.121. The van der Waals surface area contributed by atoms with Crippen LogP contribution in [0.25, 0.3) is 0 Å². The van der Waals surface area contributed by atoms with Crippen LogP contribution in [-0.4, -0.2) is 25.8 Å². The summed E-state index contributed by atoms with van der Waals surface area (Å²) in [6, 6.07) is 5.06. The van der Waals surface area contributed by atoms with E-state index >= 15 is 0 Å². The molecule has 0 bridgehead atoms. The van der Waals surface area contributed by atoms with E-state index in [1.54, 1.807) is 25.3 Å². The van der Waals surface area contributed by atoms with Gasteiger partial charge in [0.05, 0.1) is 16.1 Å². The molecule has 0 aliphatic rings. The molecule has 0 saturated heterocycles. The Morgan fingerprint density at radius 2 is 2.25 bits per heavy atom. The van der Waals surface area contributed by atoms with E-state index in [0.717, 1.165) is 0 Å². The highest BCUT2D eigenvalue weighted by atomic mass is 79.9. The lowest BCUT2D eigenvalue weighted by Crippen LogP contribution is -2.18. The number of carbonyl (C=O) groups is 1. The molecule has 5 heteroatoms. The summed E-state index contributed by atoms with van der Waals surface area (Å²) in [7, 11) is 1.56. The number of carbonyl (C=O) groups excluding carboxylic acids is 1. The number of anilines is 1. The van der Waals surface area contributed by atoms with Crippen molar-refractivity contribution in [2.75, 3.05) is 19.5 Å². The lowest BCUT2D eigenvalue weighted by molar-refractivity contribution is 0.0168. The second-order valence-electron chi connectivity index (χ2n) is 3.35. The molecule has 4 nitrogen and oxygen atoms in total. The average Bonchev–Trinajstić information content (AvgIpc) is 2.29. The Bertz CT molecular complexity index is 381. The molecule has 88 valence electrons. The Balaban J connectivity index is 2.70. The molecule has 1 atom stereocenters. The Hall–Kier alpha value is -1.07. The maximum Gasteiger partial charge on any atom is 0.339 e. The first-order valence-corrected chi connectivity index (χ1v) is 5.59. The summed E-state index contributed by atoms with van der Waals surface area (Å²) in [5.41, 5.74) is 6.59. The highest BCUT2D eigenvalue weighted by molar-refractivity contribution is 9.10. The second-order valence-corrected chi connectivity index (χ2v) is 4.15. The maximum atomic E-state index is 11.7. The number of esters is 1. The minimum atomic E-state index is -0.414. The summed E-state index contributed by atoms with van der Waals surface area (Å²) < 4.78 is 10.6. The van der Waals surface area contributed by atoms with Gasteiger partial charge in [-0.15, -0.1) is 0 Å². The van der Waals surface area contributed by atoms with Gasteiger partial charge in [-0.3, -0.25) is 0 Å². The standard InChI is InChI=1S/C11H14BrNO3/c1-7(15-2)6-16-11(14)8-4-3-5-9(13)10(8)12/h3-5,7H,6,13H2,1-2H3. The molecule has 0 fully saturated rings. The zero-order valence-electron chi connectivity index (χ0n) is 9.20. The summed E-state index contributed by atoms with van der Waals surface area (Å²) in [6.07, 6.45) is -0.121. The smallest absolute Gasteiger partial charge is 0.339 e. The van der Waals surface area contributed by atoms with Crippen molar-refractivity contribution in [1.82, 2.24) is 0 Å². The van der Waals surface area contributed by atoms with Crippen molar-refractivity contribution in [2.45, 2.75) is 13.0 Å². The van der Waals surface area contributed by atoms with Gasteiger partial charge in [-0.25, -0.2) is 4.79 Å². The van der Waals surface area contributed by atoms with Gasteiger partial charge in [-0.2, -0.15) is 0 Å². The van der Waals surface area contributed by atoms with E-state index in [1.807, 2.05) is 6.92 Å². The van der Waals surface area contributed by atoms with Gasteiger partial charge < -0.3 is 15.2 Å². The third kappa shape index (κ3) is 3.21.